The highest BCUT2D eigenvalue weighted by molar-refractivity contribution is 5.27. The van der Waals surface area contributed by atoms with Crippen molar-refractivity contribution < 1.29 is 0 Å². The second kappa shape index (κ2) is 6.21. The second-order valence-electron chi connectivity index (χ2n) is 10.1. The van der Waals surface area contributed by atoms with Crippen molar-refractivity contribution in [1.29, 1.82) is 0 Å². The number of nitrogens with zero attached hydrogens (tertiary/aromatic N) is 1. The Bertz CT molecular complexity index is 719. The Morgan fingerprint density at radius 1 is 0.769 bits per heavy atom. The normalized spacial score (nSPS) is 43.8. The van der Waals surface area contributed by atoms with E-state index in [0.717, 1.165) is 41.4 Å². The fourth-order valence-electron chi connectivity index (χ4n) is 8.13. The van der Waals surface area contributed by atoms with Gasteiger partial charge in [-0.3, -0.25) is 4.98 Å². The number of rotatable bonds is 0. The van der Waals surface area contributed by atoms with Crippen LogP contribution >= 0.6 is 0 Å². The van der Waals surface area contributed by atoms with Gasteiger partial charge in [0.15, 0.2) is 0 Å². The monoisotopic (exact) mass is 347 g/mol. The van der Waals surface area contributed by atoms with Crippen LogP contribution < -0.4 is 0 Å². The summed E-state index contributed by atoms with van der Waals surface area (Å²) < 4.78 is 0. The molecule has 1 heterocycles. The van der Waals surface area contributed by atoms with Crippen LogP contribution in [0.1, 0.15) is 69.0 Å². The summed E-state index contributed by atoms with van der Waals surface area (Å²) in [4.78, 5) is 4.71. The SMILES string of the molecule is C1=C2C3CCCCC3CCC2C2CCC3Cc4ncccc4CC3C2C1. The molecule has 3 fully saturated rings. The van der Waals surface area contributed by atoms with Gasteiger partial charge in [0.25, 0.3) is 0 Å². The predicted octanol–water partition coefficient (Wildman–Crippen LogP) is 5.99. The molecule has 3 saturated carbocycles. The molecule has 138 valence electrons. The maximum absolute atomic E-state index is 4.71. The number of allylic oxidation sites excluding steroid dienone is 2. The molecule has 0 amide bonds. The van der Waals surface area contributed by atoms with Gasteiger partial charge in [0.05, 0.1) is 0 Å². The molecule has 5 aliphatic carbocycles. The van der Waals surface area contributed by atoms with Crippen LogP contribution in [0.3, 0.4) is 0 Å². The van der Waals surface area contributed by atoms with Crippen molar-refractivity contribution in [2.75, 3.05) is 0 Å². The number of pyridine rings is 1. The van der Waals surface area contributed by atoms with Gasteiger partial charge in [0.1, 0.15) is 0 Å². The molecule has 0 saturated heterocycles. The van der Waals surface area contributed by atoms with E-state index < -0.39 is 0 Å². The van der Waals surface area contributed by atoms with Crippen LogP contribution in [-0.2, 0) is 12.8 Å². The van der Waals surface area contributed by atoms with Crippen LogP contribution in [0.5, 0.6) is 0 Å². The third kappa shape index (κ3) is 2.38. The van der Waals surface area contributed by atoms with Gasteiger partial charge in [-0.25, -0.2) is 0 Å². The Hall–Kier alpha value is -1.11. The van der Waals surface area contributed by atoms with Gasteiger partial charge in [-0.05, 0) is 111 Å². The number of hydrogen-bond acceptors (Lipinski definition) is 1. The van der Waals surface area contributed by atoms with E-state index in [1.165, 1.54) is 76.3 Å². The molecule has 0 N–H and O–H groups in total. The molecule has 1 aromatic heterocycles. The molecule has 7 unspecified atom stereocenters. The van der Waals surface area contributed by atoms with Gasteiger partial charge < -0.3 is 0 Å². The number of hydrogen-bond donors (Lipinski definition) is 0. The minimum absolute atomic E-state index is 0.916. The van der Waals surface area contributed by atoms with Crippen LogP contribution in [-0.4, -0.2) is 4.98 Å². The van der Waals surface area contributed by atoms with Crippen LogP contribution in [0.25, 0.3) is 0 Å². The first-order chi connectivity index (χ1) is 12.9. The average molecular weight is 348 g/mol. The van der Waals surface area contributed by atoms with Crippen molar-refractivity contribution in [2.45, 2.75) is 70.6 Å². The second-order valence-corrected chi connectivity index (χ2v) is 10.1. The van der Waals surface area contributed by atoms with Crippen molar-refractivity contribution in [1.82, 2.24) is 4.98 Å². The minimum atomic E-state index is 0.916. The topological polar surface area (TPSA) is 12.9 Å². The lowest BCUT2D eigenvalue weighted by Gasteiger charge is -2.54. The molecule has 7 atom stereocenters. The average Bonchev–Trinajstić information content (AvgIpc) is 2.71. The van der Waals surface area contributed by atoms with Gasteiger partial charge >= 0.3 is 0 Å². The Morgan fingerprint density at radius 3 is 2.69 bits per heavy atom. The van der Waals surface area contributed by atoms with E-state index in [1.54, 1.807) is 5.56 Å². The Kier molecular flexibility index (Phi) is 3.80. The molecule has 0 radical (unpaired) electrons. The van der Waals surface area contributed by atoms with Crippen LogP contribution in [0.15, 0.2) is 30.0 Å². The van der Waals surface area contributed by atoms with E-state index in [2.05, 4.69) is 18.2 Å². The Balaban J connectivity index is 1.30. The van der Waals surface area contributed by atoms with E-state index in [9.17, 15) is 0 Å². The smallest absolute Gasteiger partial charge is 0.0438 e. The molecule has 0 aromatic carbocycles. The summed E-state index contributed by atoms with van der Waals surface area (Å²) >= 11 is 0. The molecular weight excluding hydrogens is 314 g/mol. The first kappa shape index (κ1) is 15.9. The third-order valence-corrected chi connectivity index (χ3v) is 9.23. The van der Waals surface area contributed by atoms with Crippen LogP contribution in [0.2, 0.25) is 0 Å². The fourth-order valence-corrected chi connectivity index (χ4v) is 8.13. The van der Waals surface area contributed by atoms with Gasteiger partial charge in [-0.1, -0.05) is 30.6 Å². The molecule has 0 spiro atoms. The third-order valence-electron chi connectivity index (χ3n) is 9.23. The Labute approximate surface area is 158 Å². The lowest BCUT2D eigenvalue weighted by atomic mass is 9.51. The van der Waals surface area contributed by atoms with E-state index in [1.807, 2.05) is 11.8 Å². The van der Waals surface area contributed by atoms with E-state index in [-0.39, 0.29) is 0 Å². The number of aromatic nitrogens is 1. The van der Waals surface area contributed by atoms with E-state index in [0.29, 0.717) is 0 Å². The summed E-state index contributed by atoms with van der Waals surface area (Å²) in [5.74, 6) is 6.83. The first-order valence-corrected chi connectivity index (χ1v) is 11.5. The van der Waals surface area contributed by atoms with Crippen molar-refractivity contribution in [3.8, 4) is 0 Å². The van der Waals surface area contributed by atoms with Gasteiger partial charge in [0, 0.05) is 11.9 Å². The van der Waals surface area contributed by atoms with Gasteiger partial charge in [-0.2, -0.15) is 0 Å². The summed E-state index contributed by atoms with van der Waals surface area (Å²) in [6.07, 6.45) is 20.8. The maximum atomic E-state index is 4.71. The van der Waals surface area contributed by atoms with Crippen molar-refractivity contribution in [2.24, 2.45) is 41.4 Å². The highest BCUT2D eigenvalue weighted by atomic mass is 14.7. The van der Waals surface area contributed by atoms with Gasteiger partial charge in [-0.15, -0.1) is 0 Å². The van der Waals surface area contributed by atoms with E-state index in [4.69, 9.17) is 4.98 Å². The molecule has 1 nitrogen and oxygen atoms in total. The van der Waals surface area contributed by atoms with Crippen molar-refractivity contribution in [3.05, 3.63) is 41.2 Å². The lowest BCUT2D eigenvalue weighted by Crippen LogP contribution is -2.46. The molecular formula is C25H33N. The van der Waals surface area contributed by atoms with Crippen molar-refractivity contribution >= 4 is 0 Å². The molecule has 1 heteroatoms. The van der Waals surface area contributed by atoms with Gasteiger partial charge in [0.2, 0.25) is 0 Å². The summed E-state index contributed by atoms with van der Waals surface area (Å²) in [6.45, 7) is 0. The molecule has 0 bridgehead atoms. The zero-order chi connectivity index (χ0) is 17.1. The summed E-state index contributed by atoms with van der Waals surface area (Å²) in [7, 11) is 0. The molecule has 26 heavy (non-hydrogen) atoms. The highest BCUT2D eigenvalue weighted by Crippen LogP contribution is 2.58. The summed E-state index contributed by atoms with van der Waals surface area (Å²) in [5.41, 5.74) is 4.95. The molecule has 1 aromatic rings. The zero-order valence-electron chi connectivity index (χ0n) is 16.1. The molecule has 6 rings (SSSR count). The standard InChI is InChI=1S/C25H33N/c1-2-6-19-16(4-1)7-9-21-20(19)11-12-23-22(21)10-8-17-15-25-18(14-24(17)23)5-3-13-26-25/h3,5,11,13,16-17,19,21-24H,1-2,4,6-10,12,14-15H2. The fraction of sp³-hybridized carbons (Fsp3) is 0.720. The van der Waals surface area contributed by atoms with E-state index >= 15 is 0 Å². The molecule has 5 aliphatic rings. The zero-order valence-corrected chi connectivity index (χ0v) is 16.1. The quantitative estimate of drug-likeness (QED) is 0.526. The lowest BCUT2D eigenvalue weighted by molar-refractivity contribution is 0.0256. The summed E-state index contributed by atoms with van der Waals surface area (Å²) in [6, 6.07) is 4.52. The largest absolute Gasteiger partial charge is 0.261 e. The Morgan fingerprint density at radius 2 is 1.69 bits per heavy atom. The maximum Gasteiger partial charge on any atom is 0.0438 e. The minimum Gasteiger partial charge on any atom is -0.261 e. The van der Waals surface area contributed by atoms with Crippen LogP contribution in [0.4, 0.5) is 0 Å². The first-order valence-electron chi connectivity index (χ1n) is 11.5. The molecule has 0 aliphatic heterocycles. The predicted molar refractivity (Wildman–Crippen MR) is 106 cm³/mol. The van der Waals surface area contributed by atoms with Crippen molar-refractivity contribution in [3.63, 3.8) is 0 Å². The highest BCUT2D eigenvalue weighted by Gasteiger charge is 2.49. The number of fused-ring (bicyclic) bond motifs is 8. The summed E-state index contributed by atoms with van der Waals surface area (Å²) in [5, 5.41) is 0. The van der Waals surface area contributed by atoms with Crippen LogP contribution in [0, 0.1) is 41.4 Å².